The zero-order valence-electron chi connectivity index (χ0n) is 21.9. The zero-order valence-corrected chi connectivity index (χ0v) is 22.8. The van der Waals surface area contributed by atoms with Gasteiger partial charge >= 0.3 is 19.2 Å². The predicted octanol–water partition coefficient (Wildman–Crippen LogP) is -1.84. The average molecular weight is 602 g/mol. The minimum absolute atomic E-state index is 0.0724. The number of phosphoric ester groups is 1. The lowest BCUT2D eigenvalue weighted by atomic mass is 10.1. The number of fused-ring (bicyclic) bond motifs is 5. The Labute approximate surface area is 230 Å². The molecule has 1 unspecified atom stereocenters. The van der Waals surface area contributed by atoms with Gasteiger partial charge in [0.05, 0.1) is 19.8 Å². The normalized spacial score (nSPS) is 34.4. The molecule has 0 radical (unpaired) electrons. The molecule has 2 aromatic heterocycles. The second kappa shape index (κ2) is 11.9. The zero-order chi connectivity index (χ0) is 29.5. The minimum Gasteiger partial charge on any atom is -0.394 e. The van der Waals surface area contributed by atoms with Crippen LogP contribution in [-0.2, 0) is 34.0 Å². The van der Waals surface area contributed by atoms with Crippen molar-refractivity contribution in [3.05, 3.63) is 65.2 Å². The van der Waals surface area contributed by atoms with E-state index in [1.807, 2.05) is 0 Å². The van der Waals surface area contributed by atoms with Crippen LogP contribution in [0.4, 0.5) is 0 Å². The number of nitrogens with one attached hydrogen (secondary N) is 2. The van der Waals surface area contributed by atoms with E-state index in [2.05, 4.69) is 9.97 Å². The van der Waals surface area contributed by atoms with Crippen LogP contribution in [0.15, 0.2) is 31.6 Å². The number of aryl methyl sites for hydroxylation is 2. The molecule has 3 aliphatic rings. The molecule has 5 N–H and O–H groups in total. The monoisotopic (exact) mass is 602 g/mol. The van der Waals surface area contributed by atoms with Gasteiger partial charge in [-0.15, -0.1) is 0 Å². The highest BCUT2D eigenvalue weighted by atomic mass is 31.2. The second-order valence-corrected chi connectivity index (χ2v) is 11.7. The second-order valence-electron chi connectivity index (χ2n) is 10.1. The number of aromatic nitrogens is 4. The number of hydrogen-bond acceptors (Lipinski definition) is 13. The van der Waals surface area contributed by atoms with Gasteiger partial charge in [0.1, 0.15) is 36.7 Å². The molecule has 0 amide bonds. The lowest BCUT2D eigenvalue weighted by Gasteiger charge is -2.25. The summed E-state index contributed by atoms with van der Waals surface area (Å²) in [6, 6.07) is 0. The van der Waals surface area contributed by atoms with Crippen molar-refractivity contribution in [2.24, 2.45) is 0 Å². The fraction of sp³-hybridized carbons (Fsp3) is 0.652. The summed E-state index contributed by atoms with van der Waals surface area (Å²) >= 11 is 0. The first-order chi connectivity index (χ1) is 19.5. The Hall–Kier alpha value is -2.73. The number of rotatable bonds is 4. The summed E-state index contributed by atoms with van der Waals surface area (Å²) in [6.07, 6.45) is -5.52. The number of H-pyrrole nitrogens is 2. The third kappa shape index (κ3) is 6.09. The molecule has 18 heteroatoms. The van der Waals surface area contributed by atoms with Gasteiger partial charge in [-0.05, 0) is 26.2 Å². The summed E-state index contributed by atoms with van der Waals surface area (Å²) in [5.74, 6) is 0. The molecule has 2 saturated heterocycles. The van der Waals surface area contributed by atoms with Gasteiger partial charge in [0, 0.05) is 29.9 Å². The predicted molar refractivity (Wildman–Crippen MR) is 136 cm³/mol. The van der Waals surface area contributed by atoms with E-state index in [4.69, 9.17) is 23.0 Å². The Kier molecular flexibility index (Phi) is 8.61. The molecule has 8 atom stereocenters. The van der Waals surface area contributed by atoms with Gasteiger partial charge in [-0.2, -0.15) is 0 Å². The Morgan fingerprint density at radius 1 is 1.00 bits per heavy atom. The molecule has 3 aliphatic heterocycles. The third-order valence-corrected chi connectivity index (χ3v) is 8.71. The maximum absolute atomic E-state index is 13.8. The fourth-order valence-electron chi connectivity index (χ4n) is 4.96. The summed E-state index contributed by atoms with van der Waals surface area (Å²) in [6.45, 7) is 0.210. The Morgan fingerprint density at radius 2 is 1.73 bits per heavy atom. The molecule has 0 saturated carbocycles. The smallest absolute Gasteiger partial charge is 0.394 e. The van der Waals surface area contributed by atoms with Crippen LogP contribution in [0.1, 0.15) is 42.8 Å². The molecule has 5 heterocycles. The highest BCUT2D eigenvalue weighted by molar-refractivity contribution is 7.48. The molecule has 4 bridgehead atoms. The summed E-state index contributed by atoms with van der Waals surface area (Å²) < 4.78 is 44.0. The molecule has 2 fully saturated rings. The lowest BCUT2D eigenvalue weighted by Crippen LogP contribution is -2.39. The summed E-state index contributed by atoms with van der Waals surface area (Å²) in [5, 5.41) is 31.0. The molecular weight excluding hydrogens is 571 g/mol. The third-order valence-electron chi connectivity index (χ3n) is 7.22. The van der Waals surface area contributed by atoms with Gasteiger partial charge in [-0.3, -0.25) is 42.3 Å². The van der Waals surface area contributed by atoms with Gasteiger partial charge in [-0.25, -0.2) is 14.2 Å². The molecule has 0 aromatic carbocycles. The number of aliphatic hydroxyl groups excluding tert-OH is 3. The van der Waals surface area contributed by atoms with E-state index < -0.39 is 86.5 Å². The van der Waals surface area contributed by atoms with Gasteiger partial charge in [0.2, 0.25) is 0 Å². The highest BCUT2D eigenvalue weighted by Gasteiger charge is 2.47. The van der Waals surface area contributed by atoms with Crippen LogP contribution in [0.2, 0.25) is 0 Å². The highest BCUT2D eigenvalue weighted by Crippen LogP contribution is 2.53. The first-order valence-corrected chi connectivity index (χ1v) is 14.5. The van der Waals surface area contributed by atoms with Crippen LogP contribution in [0.5, 0.6) is 0 Å². The van der Waals surface area contributed by atoms with E-state index >= 15 is 0 Å². The van der Waals surface area contributed by atoms with Crippen molar-refractivity contribution in [2.75, 3.05) is 19.8 Å². The van der Waals surface area contributed by atoms with Crippen molar-refractivity contribution in [3.8, 4) is 0 Å². The van der Waals surface area contributed by atoms with Crippen molar-refractivity contribution >= 4 is 7.82 Å². The Morgan fingerprint density at radius 3 is 2.49 bits per heavy atom. The molecule has 5 rings (SSSR count). The van der Waals surface area contributed by atoms with Crippen LogP contribution in [0.3, 0.4) is 0 Å². The van der Waals surface area contributed by atoms with E-state index in [9.17, 15) is 39.1 Å². The van der Waals surface area contributed by atoms with Crippen molar-refractivity contribution in [2.45, 2.75) is 75.6 Å². The first-order valence-electron chi connectivity index (χ1n) is 13.0. The van der Waals surface area contributed by atoms with Crippen molar-refractivity contribution < 1.29 is 42.9 Å². The van der Waals surface area contributed by atoms with Crippen LogP contribution in [0, 0.1) is 6.92 Å². The van der Waals surface area contributed by atoms with E-state index in [1.165, 1.54) is 19.3 Å². The van der Waals surface area contributed by atoms with E-state index in [1.54, 1.807) is 0 Å². The maximum Gasteiger partial charge on any atom is 0.475 e. The summed E-state index contributed by atoms with van der Waals surface area (Å²) in [7, 11) is -4.45. The lowest BCUT2D eigenvalue weighted by molar-refractivity contribution is -0.0638. The van der Waals surface area contributed by atoms with Crippen LogP contribution >= 0.6 is 7.82 Å². The SMILES string of the molecule is Cc1cn([C@H]2C[C@H](OP3(=O)OCCCCc4cn(c(=O)[nH]c4=O)[C@@H]4O[C@H](CO3)[C@@H](O)[C@H]4O)[C@@H](CO)O2)c(=O)[nH]c1=O. The number of nitrogens with zero attached hydrogens (tertiary/aromatic N) is 2. The number of hydrogen-bond donors (Lipinski definition) is 5. The molecule has 41 heavy (non-hydrogen) atoms. The number of aromatic amines is 2. The minimum atomic E-state index is -4.45. The van der Waals surface area contributed by atoms with Gasteiger partial charge in [0.15, 0.2) is 6.23 Å². The molecule has 2 aromatic rings. The maximum atomic E-state index is 13.8. The van der Waals surface area contributed by atoms with Gasteiger partial charge < -0.3 is 24.8 Å². The van der Waals surface area contributed by atoms with Gasteiger partial charge in [0.25, 0.3) is 11.1 Å². The van der Waals surface area contributed by atoms with E-state index in [-0.39, 0.29) is 30.6 Å². The molecule has 17 nitrogen and oxygen atoms in total. The average Bonchev–Trinajstić information content (AvgIpc) is 3.45. The Balaban J connectivity index is 1.37. The quantitative estimate of drug-likeness (QED) is 0.242. The molecule has 0 aliphatic carbocycles. The van der Waals surface area contributed by atoms with E-state index in [0.717, 1.165) is 9.13 Å². The van der Waals surface area contributed by atoms with Crippen molar-refractivity contribution in [1.29, 1.82) is 0 Å². The number of phosphoric acid groups is 1. The van der Waals surface area contributed by atoms with Crippen LogP contribution in [-0.4, -0.2) is 84.8 Å². The molecule has 0 spiro atoms. The Bertz CT molecular complexity index is 1550. The summed E-state index contributed by atoms with van der Waals surface area (Å²) in [5.41, 5.74) is -2.28. The standard InChI is InChI=1S/C23H31N4O13P/c1-11-7-26(22(33)24-19(11)31)16-6-13(14(9-28)38-16)40-41(35)36-5-3-2-4-12-8-27(23(34)25-20(12)32)21-18(30)17(29)15(39-21)10-37-41/h7-8,13-18,21,28-30H,2-6,9-10H2,1H3,(H,24,31,33)(H,25,32,34)/t13-,14+,15+,16+,17+,18+,21+,41?/m0/s1. The molecule has 226 valence electrons. The summed E-state index contributed by atoms with van der Waals surface area (Å²) in [4.78, 5) is 53.2. The topological polar surface area (TPSA) is 234 Å². The van der Waals surface area contributed by atoms with Crippen LogP contribution in [0.25, 0.3) is 0 Å². The number of ether oxygens (including phenoxy) is 2. The largest absolute Gasteiger partial charge is 0.475 e. The van der Waals surface area contributed by atoms with Crippen molar-refractivity contribution in [3.63, 3.8) is 0 Å². The van der Waals surface area contributed by atoms with Gasteiger partial charge in [-0.1, -0.05) is 0 Å². The molecular formula is C23H31N4O13P. The fourth-order valence-corrected chi connectivity index (χ4v) is 6.39. The van der Waals surface area contributed by atoms with Crippen molar-refractivity contribution in [1.82, 2.24) is 19.1 Å². The first kappa shape index (κ1) is 29.8. The number of aliphatic hydroxyl groups is 3. The van der Waals surface area contributed by atoms with Crippen LogP contribution < -0.4 is 22.5 Å². The van der Waals surface area contributed by atoms with E-state index in [0.29, 0.717) is 12.8 Å².